The summed E-state index contributed by atoms with van der Waals surface area (Å²) in [5.74, 6) is -0.763. The molecule has 0 unspecified atom stereocenters. The summed E-state index contributed by atoms with van der Waals surface area (Å²) in [6.07, 6.45) is -1.10. The van der Waals surface area contributed by atoms with Crippen LogP contribution in [0, 0.1) is 17.3 Å². The third-order valence-electron chi connectivity index (χ3n) is 10.9. The van der Waals surface area contributed by atoms with Crippen molar-refractivity contribution in [2.45, 2.75) is 87.4 Å². The van der Waals surface area contributed by atoms with Crippen molar-refractivity contribution < 1.29 is 46.4 Å². The minimum Gasteiger partial charge on any atom is -0.458 e. The molecule has 2 spiro atoms. The molecule has 5 fully saturated rings. The molecular formula is C30H29F3O7. The van der Waals surface area contributed by atoms with Gasteiger partial charge in [-0.1, -0.05) is 32.9 Å². The molecule has 2 saturated carbocycles. The van der Waals surface area contributed by atoms with Crippen molar-refractivity contribution in [1.29, 1.82) is 0 Å². The molecule has 0 N–H and O–H groups in total. The number of ether oxygens (including phenoxy) is 5. The fraction of sp³-hybridized carbons (Fsp3) is 0.600. The molecule has 7 nitrogen and oxygen atoms in total. The van der Waals surface area contributed by atoms with Gasteiger partial charge in [-0.2, -0.15) is 13.2 Å². The molecule has 0 amide bonds. The van der Waals surface area contributed by atoms with Gasteiger partial charge in [0, 0.05) is 17.1 Å². The number of fused-ring (bicyclic) bond motifs is 4. The Morgan fingerprint density at radius 1 is 1.12 bits per heavy atom. The van der Waals surface area contributed by atoms with Gasteiger partial charge in [-0.15, -0.1) is 0 Å². The number of esters is 2. The molecule has 4 heterocycles. The van der Waals surface area contributed by atoms with Crippen molar-refractivity contribution in [1.82, 2.24) is 0 Å². The number of hydrogen-bond acceptors (Lipinski definition) is 7. The van der Waals surface area contributed by atoms with Gasteiger partial charge in [0.2, 0.25) is 0 Å². The van der Waals surface area contributed by atoms with Crippen molar-refractivity contribution >= 4 is 18.0 Å². The molecule has 0 radical (unpaired) electrons. The molecule has 212 valence electrons. The maximum atomic E-state index is 13.2. The fourth-order valence-corrected chi connectivity index (χ4v) is 8.95. The van der Waals surface area contributed by atoms with Crippen LogP contribution < -0.4 is 0 Å². The number of alkyl halides is 3. The van der Waals surface area contributed by atoms with Crippen LogP contribution in [0.25, 0.3) is 6.08 Å². The van der Waals surface area contributed by atoms with Crippen LogP contribution in [-0.4, -0.2) is 59.8 Å². The largest absolute Gasteiger partial charge is 0.458 e. The first-order valence-electron chi connectivity index (χ1n) is 13.9. The Kier molecular flexibility index (Phi) is 4.62. The van der Waals surface area contributed by atoms with E-state index >= 15 is 0 Å². The summed E-state index contributed by atoms with van der Waals surface area (Å²) in [5, 5.41) is 0. The highest BCUT2D eigenvalue weighted by Crippen LogP contribution is 2.83. The predicted molar refractivity (Wildman–Crippen MR) is 131 cm³/mol. The number of carbonyl (C=O) groups excluding carboxylic acids is 2. The zero-order valence-electron chi connectivity index (χ0n) is 22.2. The Balaban J connectivity index is 1.12. The lowest BCUT2D eigenvalue weighted by molar-refractivity contribution is -0.163. The van der Waals surface area contributed by atoms with Crippen LogP contribution >= 0.6 is 0 Å². The molecule has 40 heavy (non-hydrogen) atoms. The number of hydrogen-bond donors (Lipinski definition) is 0. The van der Waals surface area contributed by atoms with Gasteiger partial charge in [0.05, 0.1) is 11.7 Å². The number of benzene rings is 1. The lowest BCUT2D eigenvalue weighted by Crippen LogP contribution is -2.70. The lowest BCUT2D eigenvalue weighted by Gasteiger charge is -2.53. The molecule has 0 bridgehead atoms. The summed E-state index contributed by atoms with van der Waals surface area (Å²) in [4.78, 5) is 25.6. The minimum atomic E-state index is -4.43. The van der Waals surface area contributed by atoms with E-state index in [0.29, 0.717) is 25.0 Å². The number of epoxide rings is 3. The lowest BCUT2D eigenvalue weighted by atomic mass is 9.46. The van der Waals surface area contributed by atoms with Crippen molar-refractivity contribution in [2.24, 2.45) is 17.3 Å². The first-order chi connectivity index (χ1) is 18.9. The number of carbonyl (C=O) groups is 2. The van der Waals surface area contributed by atoms with E-state index in [1.165, 1.54) is 24.3 Å². The number of halogens is 3. The van der Waals surface area contributed by atoms with E-state index in [1.807, 2.05) is 13.8 Å². The second-order valence-corrected chi connectivity index (χ2v) is 12.8. The summed E-state index contributed by atoms with van der Waals surface area (Å²) in [5.41, 5.74) is -1.14. The van der Waals surface area contributed by atoms with Crippen LogP contribution in [-0.2, 0) is 39.4 Å². The van der Waals surface area contributed by atoms with E-state index in [9.17, 15) is 22.8 Å². The molecule has 1 aromatic rings. The molecule has 7 aliphatic rings. The SMILES string of the molecule is CC(C)[C@]12O[C@H]1[C@@H]1O[C@]13[C@]1(O[C@H]1C[C@H]1C4=C(CC[C@@]13C)C(=O)OC4)[C@@H]2OC(=O)/C=C/c1ccc(C(F)(F)F)cc1. The zero-order chi connectivity index (χ0) is 28.0. The first-order valence-corrected chi connectivity index (χ1v) is 13.9. The van der Waals surface area contributed by atoms with Gasteiger partial charge < -0.3 is 23.7 Å². The van der Waals surface area contributed by atoms with E-state index in [0.717, 1.165) is 29.7 Å². The summed E-state index contributed by atoms with van der Waals surface area (Å²) in [6, 6.07) is 4.58. The summed E-state index contributed by atoms with van der Waals surface area (Å²) in [6.45, 7) is 6.58. The Morgan fingerprint density at radius 2 is 1.88 bits per heavy atom. The quantitative estimate of drug-likeness (QED) is 0.308. The molecule has 3 saturated heterocycles. The Morgan fingerprint density at radius 3 is 2.58 bits per heavy atom. The van der Waals surface area contributed by atoms with Crippen LogP contribution in [0.15, 0.2) is 41.5 Å². The van der Waals surface area contributed by atoms with E-state index in [4.69, 9.17) is 23.7 Å². The zero-order valence-corrected chi connectivity index (χ0v) is 22.2. The van der Waals surface area contributed by atoms with Gasteiger partial charge >= 0.3 is 18.1 Å². The van der Waals surface area contributed by atoms with Gasteiger partial charge in [0.1, 0.15) is 30.0 Å². The smallest absolute Gasteiger partial charge is 0.416 e. The number of cyclic esters (lactones) is 1. The predicted octanol–water partition coefficient (Wildman–Crippen LogP) is 4.39. The minimum absolute atomic E-state index is 0.0164. The summed E-state index contributed by atoms with van der Waals surface area (Å²) in [7, 11) is 0. The fourth-order valence-electron chi connectivity index (χ4n) is 8.95. The average molecular weight is 559 g/mol. The molecule has 3 aliphatic carbocycles. The molecule has 8 rings (SSSR count). The highest BCUT2D eigenvalue weighted by Gasteiger charge is 3.01. The Bertz CT molecular complexity index is 1410. The third kappa shape index (κ3) is 2.78. The van der Waals surface area contributed by atoms with E-state index in [-0.39, 0.29) is 41.5 Å². The molecule has 1 aromatic carbocycles. The number of rotatable bonds is 4. The van der Waals surface area contributed by atoms with Crippen LogP contribution in [0.4, 0.5) is 13.2 Å². The topological polar surface area (TPSA) is 90.2 Å². The second kappa shape index (κ2) is 7.38. The molecule has 0 aromatic heterocycles. The van der Waals surface area contributed by atoms with Gasteiger partial charge in [-0.3, -0.25) is 0 Å². The second-order valence-electron chi connectivity index (χ2n) is 12.8. The first kappa shape index (κ1) is 25.1. The molecule has 9 atom stereocenters. The highest BCUT2D eigenvalue weighted by molar-refractivity contribution is 5.92. The van der Waals surface area contributed by atoms with Crippen LogP contribution in [0.5, 0.6) is 0 Å². The molecule has 4 aliphatic heterocycles. The van der Waals surface area contributed by atoms with E-state index < -0.39 is 40.6 Å². The van der Waals surface area contributed by atoms with Crippen LogP contribution in [0.1, 0.15) is 51.2 Å². The standard InChI is InChI=1S/C30H29F3O7/c1-14(2)27-22(39-27)23-29(40-23)26(3)11-10-17-18(13-36-24(17)35)19(26)12-20-28(29,38-20)25(27)37-21(34)9-6-15-4-7-16(8-5-15)30(31,32)33/h4-9,14,19-20,22-23,25H,10-13H2,1-3H3/b9-6+/t19-,20-,22-,23-,25+,26-,27-,28+,29+/m0/s1. The van der Waals surface area contributed by atoms with Crippen molar-refractivity contribution in [3.05, 3.63) is 52.6 Å². The van der Waals surface area contributed by atoms with E-state index in [1.54, 1.807) is 0 Å². The van der Waals surface area contributed by atoms with Crippen LogP contribution in [0.2, 0.25) is 0 Å². The maximum absolute atomic E-state index is 13.2. The molecule has 10 heteroatoms. The van der Waals surface area contributed by atoms with Gasteiger partial charge in [0.25, 0.3) is 0 Å². The highest BCUT2D eigenvalue weighted by atomic mass is 19.4. The molecular weight excluding hydrogens is 529 g/mol. The summed E-state index contributed by atoms with van der Waals surface area (Å²) < 4.78 is 70.0. The Hall–Kier alpha value is -2.69. The van der Waals surface area contributed by atoms with E-state index in [2.05, 4.69) is 6.92 Å². The summed E-state index contributed by atoms with van der Waals surface area (Å²) >= 11 is 0. The van der Waals surface area contributed by atoms with Crippen molar-refractivity contribution in [3.63, 3.8) is 0 Å². The van der Waals surface area contributed by atoms with Gasteiger partial charge in [-0.05, 0) is 60.4 Å². The van der Waals surface area contributed by atoms with Crippen LogP contribution in [0.3, 0.4) is 0 Å². The maximum Gasteiger partial charge on any atom is 0.416 e. The Labute approximate surface area is 228 Å². The monoisotopic (exact) mass is 558 g/mol. The van der Waals surface area contributed by atoms with Gasteiger partial charge in [-0.25, -0.2) is 9.59 Å². The third-order valence-corrected chi connectivity index (χ3v) is 10.9. The van der Waals surface area contributed by atoms with Crippen molar-refractivity contribution in [2.75, 3.05) is 6.61 Å². The average Bonchev–Trinajstić information content (AvgIpc) is 3.81. The van der Waals surface area contributed by atoms with Gasteiger partial charge in [0.15, 0.2) is 11.7 Å². The van der Waals surface area contributed by atoms with Crippen molar-refractivity contribution in [3.8, 4) is 0 Å². The normalized spacial score (nSPS) is 45.6.